The van der Waals surface area contributed by atoms with E-state index in [9.17, 15) is 8.42 Å². The molecule has 0 heterocycles. The highest BCUT2D eigenvalue weighted by molar-refractivity contribution is 9.10. The van der Waals surface area contributed by atoms with Gasteiger partial charge in [0, 0.05) is 15.8 Å². The van der Waals surface area contributed by atoms with Crippen molar-refractivity contribution in [1.82, 2.24) is 4.72 Å². The lowest BCUT2D eigenvalue weighted by molar-refractivity contribution is 0.552. The van der Waals surface area contributed by atoms with Gasteiger partial charge in [-0.1, -0.05) is 34.5 Å². The topological polar surface area (TPSA) is 46.2 Å². The van der Waals surface area contributed by atoms with Crippen LogP contribution in [-0.4, -0.2) is 25.5 Å². The summed E-state index contributed by atoms with van der Waals surface area (Å²) < 4.78 is 28.3. The van der Waals surface area contributed by atoms with E-state index in [1.165, 1.54) is 6.07 Å². The Balaban J connectivity index is 2.08. The summed E-state index contributed by atoms with van der Waals surface area (Å²) >= 11 is 11.2. The molecule has 7 heteroatoms. The van der Waals surface area contributed by atoms with Crippen LogP contribution in [0.4, 0.5) is 0 Å². The first-order valence-electron chi connectivity index (χ1n) is 6.51. The fraction of sp³-hybridized carbons (Fsp3) is 0.538. The van der Waals surface area contributed by atoms with E-state index in [-0.39, 0.29) is 16.0 Å². The molecule has 1 N–H and O–H groups in total. The third-order valence-electron chi connectivity index (χ3n) is 3.29. The van der Waals surface area contributed by atoms with Crippen molar-refractivity contribution in [2.75, 3.05) is 5.75 Å². The summed E-state index contributed by atoms with van der Waals surface area (Å²) in [4.78, 5) is 0.147. The number of nitrogens with one attached hydrogen (secondary N) is 1. The Morgan fingerprint density at radius 1 is 1.45 bits per heavy atom. The van der Waals surface area contributed by atoms with Crippen LogP contribution in [0.3, 0.4) is 0 Å². The molecule has 0 saturated heterocycles. The maximum atomic E-state index is 12.4. The lowest BCUT2D eigenvalue weighted by atomic mass is 10.3. The third-order valence-corrected chi connectivity index (χ3v) is 7.02. The molecule has 1 aromatic carbocycles. The van der Waals surface area contributed by atoms with Crippen LogP contribution in [0.1, 0.15) is 26.2 Å². The van der Waals surface area contributed by atoms with Gasteiger partial charge < -0.3 is 0 Å². The first-order chi connectivity index (χ1) is 9.42. The highest BCUT2D eigenvalue weighted by atomic mass is 79.9. The molecule has 2 atom stereocenters. The fourth-order valence-electron chi connectivity index (χ4n) is 2.41. The molecule has 3 nitrogen and oxygen atoms in total. The summed E-state index contributed by atoms with van der Waals surface area (Å²) in [6.07, 6.45) is 2.86. The normalized spacial score (nSPS) is 23.1. The predicted molar refractivity (Wildman–Crippen MR) is 89.0 cm³/mol. The minimum absolute atomic E-state index is 0.0174. The summed E-state index contributed by atoms with van der Waals surface area (Å²) in [5.41, 5.74) is 0. The molecule has 2 unspecified atom stereocenters. The summed E-state index contributed by atoms with van der Waals surface area (Å²) in [5.74, 6) is 1.07. The molecule has 1 aromatic rings. The Labute approximate surface area is 138 Å². The van der Waals surface area contributed by atoms with Gasteiger partial charge in [-0.25, -0.2) is 13.1 Å². The van der Waals surface area contributed by atoms with Crippen molar-refractivity contribution in [1.29, 1.82) is 0 Å². The van der Waals surface area contributed by atoms with Crippen LogP contribution in [0.2, 0.25) is 5.02 Å². The monoisotopic (exact) mass is 397 g/mol. The van der Waals surface area contributed by atoms with Crippen molar-refractivity contribution in [3.05, 3.63) is 27.7 Å². The second kappa shape index (κ2) is 7.01. The van der Waals surface area contributed by atoms with Gasteiger partial charge in [-0.05, 0) is 43.2 Å². The lowest BCUT2D eigenvalue weighted by Gasteiger charge is -2.14. The van der Waals surface area contributed by atoms with Crippen molar-refractivity contribution in [3.8, 4) is 0 Å². The Morgan fingerprint density at radius 3 is 2.85 bits per heavy atom. The van der Waals surface area contributed by atoms with E-state index in [1.54, 1.807) is 12.1 Å². The van der Waals surface area contributed by atoms with Gasteiger partial charge in [0.1, 0.15) is 4.90 Å². The second-order valence-electron chi connectivity index (χ2n) is 4.78. The number of thioether (sulfide) groups is 1. The van der Waals surface area contributed by atoms with Crippen LogP contribution in [0, 0.1) is 0 Å². The van der Waals surface area contributed by atoms with E-state index >= 15 is 0 Å². The molecular formula is C13H17BrClNO2S2. The van der Waals surface area contributed by atoms with E-state index in [4.69, 9.17) is 11.6 Å². The van der Waals surface area contributed by atoms with Crippen LogP contribution in [0.15, 0.2) is 27.6 Å². The summed E-state index contributed by atoms with van der Waals surface area (Å²) in [7, 11) is -3.54. The summed E-state index contributed by atoms with van der Waals surface area (Å²) in [6.45, 7) is 2.13. The van der Waals surface area contributed by atoms with E-state index < -0.39 is 10.0 Å². The van der Waals surface area contributed by atoms with Crippen LogP contribution in [-0.2, 0) is 10.0 Å². The number of halogens is 2. The Hall–Kier alpha value is 0.250. The van der Waals surface area contributed by atoms with Crippen molar-refractivity contribution >= 4 is 49.3 Å². The largest absolute Gasteiger partial charge is 0.242 e. The van der Waals surface area contributed by atoms with E-state index in [2.05, 4.69) is 27.6 Å². The quantitative estimate of drug-likeness (QED) is 0.813. The van der Waals surface area contributed by atoms with Gasteiger partial charge >= 0.3 is 0 Å². The second-order valence-corrected chi connectivity index (χ2v) is 9.37. The minimum Gasteiger partial charge on any atom is -0.208 e. The predicted octanol–water partition coefficient (Wildman–Crippen LogP) is 4.06. The van der Waals surface area contributed by atoms with Gasteiger partial charge in [0.25, 0.3) is 0 Å². The first kappa shape index (κ1) is 16.6. The first-order valence-corrected chi connectivity index (χ1v) is 10.2. The minimum atomic E-state index is -3.54. The van der Waals surface area contributed by atoms with Crippen molar-refractivity contribution in [2.24, 2.45) is 0 Å². The molecule has 0 aliphatic heterocycles. The zero-order valence-corrected chi connectivity index (χ0v) is 15.1. The average Bonchev–Trinajstić information content (AvgIpc) is 2.75. The third kappa shape index (κ3) is 4.13. The zero-order valence-electron chi connectivity index (χ0n) is 11.1. The van der Waals surface area contributed by atoms with E-state index in [1.807, 2.05) is 11.8 Å². The molecule has 1 aliphatic rings. The van der Waals surface area contributed by atoms with E-state index in [0.717, 1.165) is 29.5 Å². The Bertz CT molecular complexity index is 580. The number of hydrogen-bond acceptors (Lipinski definition) is 3. The van der Waals surface area contributed by atoms with Crippen LogP contribution >= 0.6 is 39.3 Å². The number of sulfonamides is 1. The standard InChI is InChI=1S/C13H17BrClNO2S2/c1-2-19-11-5-4-10(8-11)16-20(17,18)13-6-3-9(14)7-12(13)15/h3,6-7,10-11,16H,2,4-5,8H2,1H3. The number of benzene rings is 1. The molecule has 1 saturated carbocycles. The van der Waals surface area contributed by atoms with Crippen molar-refractivity contribution in [2.45, 2.75) is 42.4 Å². The molecular weight excluding hydrogens is 382 g/mol. The summed E-state index contributed by atoms with van der Waals surface area (Å²) in [6, 6.07) is 4.83. The van der Waals surface area contributed by atoms with Gasteiger partial charge in [-0.15, -0.1) is 0 Å². The van der Waals surface area contributed by atoms with Crippen molar-refractivity contribution < 1.29 is 8.42 Å². The molecule has 0 radical (unpaired) electrons. The smallest absolute Gasteiger partial charge is 0.208 e. The highest BCUT2D eigenvalue weighted by Crippen LogP contribution is 2.31. The maximum Gasteiger partial charge on any atom is 0.242 e. The fourth-order valence-corrected chi connectivity index (χ4v) is 5.87. The molecule has 0 bridgehead atoms. The lowest BCUT2D eigenvalue weighted by Crippen LogP contribution is -2.33. The molecule has 0 spiro atoms. The van der Waals surface area contributed by atoms with Crippen LogP contribution in [0.25, 0.3) is 0 Å². The van der Waals surface area contributed by atoms with Gasteiger partial charge in [0.15, 0.2) is 0 Å². The van der Waals surface area contributed by atoms with Gasteiger partial charge in [0.05, 0.1) is 5.02 Å². The SMILES string of the molecule is CCSC1CCC(NS(=O)(=O)c2ccc(Br)cc2Cl)C1. The van der Waals surface area contributed by atoms with Crippen molar-refractivity contribution in [3.63, 3.8) is 0 Å². The number of rotatable bonds is 5. The van der Waals surface area contributed by atoms with E-state index in [0.29, 0.717) is 5.25 Å². The molecule has 1 aliphatic carbocycles. The van der Waals surface area contributed by atoms with Crippen LogP contribution < -0.4 is 4.72 Å². The molecule has 112 valence electrons. The molecule has 0 amide bonds. The van der Waals surface area contributed by atoms with Gasteiger partial charge in [-0.3, -0.25) is 0 Å². The van der Waals surface area contributed by atoms with Gasteiger partial charge in [0.2, 0.25) is 10.0 Å². The Morgan fingerprint density at radius 2 is 2.20 bits per heavy atom. The zero-order chi connectivity index (χ0) is 14.8. The average molecular weight is 399 g/mol. The highest BCUT2D eigenvalue weighted by Gasteiger charge is 2.29. The molecule has 0 aromatic heterocycles. The number of hydrogen-bond donors (Lipinski definition) is 1. The maximum absolute atomic E-state index is 12.4. The molecule has 20 heavy (non-hydrogen) atoms. The van der Waals surface area contributed by atoms with Gasteiger partial charge in [-0.2, -0.15) is 11.8 Å². The molecule has 2 rings (SSSR count). The Kier molecular flexibility index (Phi) is 5.82. The molecule has 1 fully saturated rings. The summed E-state index contributed by atoms with van der Waals surface area (Å²) in [5, 5.41) is 0.803. The van der Waals surface area contributed by atoms with Crippen LogP contribution in [0.5, 0.6) is 0 Å².